The number of methoxy groups -OCH3 is 2. The molecule has 5 heteroatoms. The fourth-order valence-corrected chi connectivity index (χ4v) is 4.00. The summed E-state index contributed by atoms with van der Waals surface area (Å²) in [5.41, 5.74) is 3.39. The van der Waals surface area contributed by atoms with Crippen LogP contribution in [0.4, 0.5) is 5.69 Å². The van der Waals surface area contributed by atoms with Gasteiger partial charge in [0.2, 0.25) is 5.91 Å². The van der Waals surface area contributed by atoms with Crippen molar-refractivity contribution < 1.29 is 14.3 Å². The number of nitrogens with zero attached hydrogens (tertiary/aromatic N) is 1. The lowest BCUT2D eigenvalue weighted by Gasteiger charge is -2.32. The normalized spacial score (nSPS) is 13.3. The van der Waals surface area contributed by atoms with E-state index in [-0.39, 0.29) is 5.91 Å². The summed E-state index contributed by atoms with van der Waals surface area (Å²) >= 11 is 1.53. The molecule has 0 N–H and O–H groups in total. The molecule has 1 aliphatic rings. The van der Waals surface area contributed by atoms with E-state index < -0.39 is 0 Å². The van der Waals surface area contributed by atoms with Gasteiger partial charge in [-0.15, -0.1) is 11.8 Å². The number of amides is 1. The van der Waals surface area contributed by atoms with Crippen LogP contribution >= 0.6 is 11.8 Å². The van der Waals surface area contributed by atoms with Crippen molar-refractivity contribution in [1.29, 1.82) is 0 Å². The molecule has 25 heavy (non-hydrogen) atoms. The van der Waals surface area contributed by atoms with Gasteiger partial charge in [0.05, 0.1) is 25.7 Å². The molecule has 0 bridgehead atoms. The van der Waals surface area contributed by atoms with Crippen LogP contribution in [0.3, 0.4) is 0 Å². The lowest BCUT2D eigenvalue weighted by Crippen LogP contribution is -2.37. The Balaban J connectivity index is 1.79. The van der Waals surface area contributed by atoms with E-state index in [2.05, 4.69) is 13.0 Å². The number of benzene rings is 2. The van der Waals surface area contributed by atoms with Crippen LogP contribution in [0.2, 0.25) is 0 Å². The minimum atomic E-state index is 0.109. The summed E-state index contributed by atoms with van der Waals surface area (Å²) in [6.45, 7) is 2.83. The SMILES string of the molecule is COc1cccc(SCC(=O)N2CCCc3c(C)ccc(OC)c32)c1. The topological polar surface area (TPSA) is 38.8 Å². The summed E-state index contributed by atoms with van der Waals surface area (Å²) in [4.78, 5) is 15.8. The number of rotatable bonds is 5. The van der Waals surface area contributed by atoms with Crippen molar-refractivity contribution in [1.82, 2.24) is 0 Å². The maximum absolute atomic E-state index is 12.9. The molecule has 1 amide bonds. The van der Waals surface area contributed by atoms with Crippen LogP contribution in [0.1, 0.15) is 17.5 Å². The van der Waals surface area contributed by atoms with Gasteiger partial charge in [-0.25, -0.2) is 0 Å². The molecule has 0 radical (unpaired) electrons. The van der Waals surface area contributed by atoms with Crippen molar-refractivity contribution >= 4 is 23.4 Å². The zero-order chi connectivity index (χ0) is 17.8. The highest BCUT2D eigenvalue weighted by atomic mass is 32.2. The van der Waals surface area contributed by atoms with E-state index in [0.29, 0.717) is 5.75 Å². The van der Waals surface area contributed by atoms with Crippen LogP contribution in [0.25, 0.3) is 0 Å². The fraction of sp³-hybridized carbons (Fsp3) is 0.350. The molecule has 132 valence electrons. The summed E-state index contributed by atoms with van der Waals surface area (Å²) in [7, 11) is 3.31. The van der Waals surface area contributed by atoms with Crippen molar-refractivity contribution in [2.45, 2.75) is 24.7 Å². The Morgan fingerprint density at radius 3 is 2.80 bits per heavy atom. The molecule has 0 aromatic heterocycles. The van der Waals surface area contributed by atoms with Crippen molar-refractivity contribution in [3.63, 3.8) is 0 Å². The Bertz CT molecular complexity index is 776. The average Bonchev–Trinajstić information content (AvgIpc) is 2.66. The van der Waals surface area contributed by atoms with Gasteiger partial charge in [-0.2, -0.15) is 0 Å². The van der Waals surface area contributed by atoms with Crippen LogP contribution in [0.15, 0.2) is 41.3 Å². The number of hydrogen-bond donors (Lipinski definition) is 0. The van der Waals surface area contributed by atoms with Crippen LogP contribution in [-0.2, 0) is 11.2 Å². The molecule has 1 aliphatic heterocycles. The molecule has 0 unspecified atom stereocenters. The number of ether oxygens (including phenoxy) is 2. The molecule has 3 rings (SSSR count). The third kappa shape index (κ3) is 3.76. The molecule has 0 spiro atoms. The van der Waals surface area contributed by atoms with Gasteiger partial charge in [0.15, 0.2) is 0 Å². The highest BCUT2D eigenvalue weighted by Gasteiger charge is 2.27. The first-order valence-electron chi connectivity index (χ1n) is 8.37. The largest absolute Gasteiger partial charge is 0.497 e. The lowest BCUT2D eigenvalue weighted by atomic mass is 9.96. The first-order chi connectivity index (χ1) is 12.1. The Morgan fingerprint density at radius 2 is 2.04 bits per heavy atom. The van der Waals surface area contributed by atoms with Gasteiger partial charge in [0, 0.05) is 11.4 Å². The van der Waals surface area contributed by atoms with E-state index in [4.69, 9.17) is 9.47 Å². The minimum Gasteiger partial charge on any atom is -0.497 e. The molecule has 4 nitrogen and oxygen atoms in total. The number of thioether (sulfide) groups is 1. The van der Waals surface area contributed by atoms with Crippen LogP contribution in [0, 0.1) is 6.92 Å². The molecule has 0 aliphatic carbocycles. The molecular formula is C20H23NO3S. The molecule has 0 atom stereocenters. The molecule has 2 aromatic carbocycles. The quantitative estimate of drug-likeness (QED) is 0.756. The third-order valence-electron chi connectivity index (χ3n) is 4.48. The van der Waals surface area contributed by atoms with Crippen LogP contribution < -0.4 is 14.4 Å². The van der Waals surface area contributed by atoms with Crippen LogP contribution in [-0.4, -0.2) is 32.4 Å². The Hall–Kier alpha value is -2.14. The Labute approximate surface area is 153 Å². The summed E-state index contributed by atoms with van der Waals surface area (Å²) in [6.07, 6.45) is 1.97. The summed E-state index contributed by atoms with van der Waals surface area (Å²) in [5, 5.41) is 0. The highest BCUT2D eigenvalue weighted by molar-refractivity contribution is 8.00. The number of carbonyl (C=O) groups is 1. The zero-order valence-electron chi connectivity index (χ0n) is 14.9. The summed E-state index contributed by atoms with van der Waals surface area (Å²) in [6, 6.07) is 11.8. The molecule has 0 fully saturated rings. The van der Waals surface area contributed by atoms with E-state index >= 15 is 0 Å². The predicted molar refractivity (Wildman–Crippen MR) is 102 cm³/mol. The summed E-state index contributed by atoms with van der Waals surface area (Å²) < 4.78 is 10.8. The first-order valence-corrected chi connectivity index (χ1v) is 9.36. The number of hydrogen-bond acceptors (Lipinski definition) is 4. The predicted octanol–water partition coefficient (Wildman–Crippen LogP) is 4.08. The second kappa shape index (κ2) is 7.83. The van der Waals surface area contributed by atoms with Gasteiger partial charge in [-0.05, 0) is 55.2 Å². The van der Waals surface area contributed by atoms with Gasteiger partial charge < -0.3 is 14.4 Å². The number of carbonyl (C=O) groups excluding carboxylic acids is 1. The Morgan fingerprint density at radius 1 is 1.20 bits per heavy atom. The van der Waals surface area contributed by atoms with Crippen molar-refractivity contribution in [2.24, 2.45) is 0 Å². The van der Waals surface area contributed by atoms with E-state index in [1.807, 2.05) is 35.2 Å². The van der Waals surface area contributed by atoms with Gasteiger partial charge in [-0.3, -0.25) is 4.79 Å². The van der Waals surface area contributed by atoms with E-state index in [1.165, 1.54) is 22.9 Å². The zero-order valence-corrected chi connectivity index (χ0v) is 15.7. The van der Waals surface area contributed by atoms with Gasteiger partial charge in [0.25, 0.3) is 0 Å². The number of aryl methyl sites for hydroxylation is 1. The first kappa shape index (κ1) is 17.7. The monoisotopic (exact) mass is 357 g/mol. The van der Waals surface area contributed by atoms with Gasteiger partial charge in [0.1, 0.15) is 11.5 Å². The lowest BCUT2D eigenvalue weighted by molar-refractivity contribution is -0.116. The second-order valence-corrected chi connectivity index (χ2v) is 7.08. The maximum Gasteiger partial charge on any atom is 0.237 e. The summed E-state index contributed by atoms with van der Waals surface area (Å²) in [5.74, 6) is 2.08. The average molecular weight is 357 g/mol. The van der Waals surface area contributed by atoms with Crippen molar-refractivity contribution in [3.8, 4) is 11.5 Å². The number of fused-ring (bicyclic) bond motifs is 1. The molecule has 0 saturated carbocycles. The van der Waals surface area contributed by atoms with E-state index in [0.717, 1.165) is 41.5 Å². The molecule has 0 saturated heterocycles. The third-order valence-corrected chi connectivity index (χ3v) is 5.46. The second-order valence-electron chi connectivity index (χ2n) is 6.03. The number of anilines is 1. The van der Waals surface area contributed by atoms with Crippen molar-refractivity contribution in [3.05, 3.63) is 47.5 Å². The van der Waals surface area contributed by atoms with Crippen molar-refractivity contribution in [2.75, 3.05) is 31.4 Å². The fourth-order valence-electron chi connectivity index (χ4n) is 3.18. The Kier molecular flexibility index (Phi) is 5.53. The molecule has 1 heterocycles. The minimum absolute atomic E-state index is 0.109. The van der Waals surface area contributed by atoms with Gasteiger partial charge >= 0.3 is 0 Å². The molecular weight excluding hydrogens is 334 g/mol. The highest BCUT2D eigenvalue weighted by Crippen LogP contribution is 2.38. The molecule has 2 aromatic rings. The van der Waals surface area contributed by atoms with E-state index in [1.54, 1.807) is 14.2 Å². The smallest absolute Gasteiger partial charge is 0.237 e. The van der Waals surface area contributed by atoms with Gasteiger partial charge in [-0.1, -0.05) is 12.1 Å². The van der Waals surface area contributed by atoms with Crippen LogP contribution in [0.5, 0.6) is 11.5 Å². The maximum atomic E-state index is 12.9. The van der Waals surface area contributed by atoms with E-state index in [9.17, 15) is 4.79 Å². The standard InChI is InChI=1S/C20H23NO3S/c1-14-9-10-18(24-3)20-17(14)8-5-11-21(20)19(22)13-25-16-7-4-6-15(12-16)23-2/h4,6-7,9-10,12H,5,8,11,13H2,1-3H3.